The molecule has 1 aromatic rings. The van der Waals surface area contributed by atoms with Gasteiger partial charge in [-0.05, 0) is 37.3 Å². The van der Waals surface area contributed by atoms with Crippen LogP contribution in [0.2, 0.25) is 0 Å². The summed E-state index contributed by atoms with van der Waals surface area (Å²) in [6, 6.07) is 8.20. The van der Waals surface area contributed by atoms with Gasteiger partial charge in [-0.3, -0.25) is 0 Å². The molecule has 0 aromatic heterocycles. The molecule has 0 bridgehead atoms. The third kappa shape index (κ3) is 3.90. The second-order valence-corrected chi connectivity index (χ2v) is 3.68. The van der Waals surface area contributed by atoms with Crippen LogP contribution >= 0.6 is 0 Å². The number of rotatable bonds is 5. The van der Waals surface area contributed by atoms with Crippen molar-refractivity contribution >= 4 is 0 Å². The predicted molar refractivity (Wildman–Crippen MR) is 57.2 cm³/mol. The smallest absolute Gasteiger partial charge is 0.0515 e. The molecule has 0 spiro atoms. The molecule has 0 saturated heterocycles. The molecule has 0 aliphatic rings. The third-order valence-corrected chi connectivity index (χ3v) is 2.27. The minimum Gasteiger partial charge on any atom is -0.396 e. The molecule has 2 nitrogen and oxygen atoms in total. The van der Waals surface area contributed by atoms with Gasteiger partial charge in [0.05, 0.1) is 6.10 Å². The Labute approximate surface area is 85.2 Å². The lowest BCUT2D eigenvalue weighted by atomic mass is 10.0. The number of hydrogen-bond acceptors (Lipinski definition) is 2. The van der Waals surface area contributed by atoms with Crippen LogP contribution in [0.1, 0.15) is 24.5 Å². The largest absolute Gasteiger partial charge is 0.396 e. The standard InChI is InChI=1S/C12H18O2/c1-10(14)2-3-11-4-6-12(7-5-11)8-9-13/h4-7,10,13-14H,2-3,8-9H2,1H3. The van der Waals surface area contributed by atoms with E-state index in [1.807, 2.05) is 12.1 Å². The van der Waals surface area contributed by atoms with Crippen molar-refractivity contribution in [1.82, 2.24) is 0 Å². The zero-order valence-corrected chi connectivity index (χ0v) is 8.61. The molecule has 1 unspecified atom stereocenters. The van der Waals surface area contributed by atoms with E-state index in [1.165, 1.54) is 5.56 Å². The van der Waals surface area contributed by atoms with Gasteiger partial charge in [-0.2, -0.15) is 0 Å². The van der Waals surface area contributed by atoms with Crippen molar-refractivity contribution in [3.63, 3.8) is 0 Å². The zero-order valence-electron chi connectivity index (χ0n) is 8.61. The molecule has 0 aliphatic heterocycles. The van der Waals surface area contributed by atoms with E-state index in [2.05, 4.69) is 12.1 Å². The van der Waals surface area contributed by atoms with Crippen LogP contribution in [0.4, 0.5) is 0 Å². The first-order valence-corrected chi connectivity index (χ1v) is 5.09. The number of aliphatic hydroxyl groups is 2. The lowest BCUT2D eigenvalue weighted by Crippen LogP contribution is -2.01. The fourth-order valence-corrected chi connectivity index (χ4v) is 1.38. The van der Waals surface area contributed by atoms with Crippen LogP contribution in [0.25, 0.3) is 0 Å². The first-order valence-electron chi connectivity index (χ1n) is 5.09. The third-order valence-electron chi connectivity index (χ3n) is 2.27. The Morgan fingerprint density at radius 2 is 1.57 bits per heavy atom. The van der Waals surface area contributed by atoms with Crippen molar-refractivity contribution in [1.29, 1.82) is 0 Å². The number of hydrogen-bond donors (Lipinski definition) is 2. The van der Waals surface area contributed by atoms with Crippen molar-refractivity contribution in [2.75, 3.05) is 6.61 Å². The number of aryl methyl sites for hydroxylation is 1. The minimum atomic E-state index is -0.230. The minimum absolute atomic E-state index is 0.201. The fourth-order valence-electron chi connectivity index (χ4n) is 1.38. The molecule has 0 saturated carbocycles. The summed E-state index contributed by atoms with van der Waals surface area (Å²) in [7, 11) is 0. The van der Waals surface area contributed by atoms with Crippen LogP contribution in [0.15, 0.2) is 24.3 Å². The van der Waals surface area contributed by atoms with Crippen molar-refractivity contribution in [2.24, 2.45) is 0 Å². The van der Waals surface area contributed by atoms with Crippen LogP contribution in [0.3, 0.4) is 0 Å². The van der Waals surface area contributed by atoms with Crippen molar-refractivity contribution in [2.45, 2.75) is 32.3 Å². The highest BCUT2D eigenvalue weighted by atomic mass is 16.3. The second kappa shape index (κ2) is 5.78. The monoisotopic (exact) mass is 194 g/mol. The van der Waals surface area contributed by atoms with Gasteiger partial charge in [-0.25, -0.2) is 0 Å². The Bertz CT molecular complexity index is 252. The Morgan fingerprint density at radius 1 is 1.07 bits per heavy atom. The molecular weight excluding hydrogens is 176 g/mol. The quantitative estimate of drug-likeness (QED) is 0.746. The van der Waals surface area contributed by atoms with E-state index in [-0.39, 0.29) is 12.7 Å². The number of aliphatic hydroxyl groups excluding tert-OH is 2. The number of benzene rings is 1. The molecule has 14 heavy (non-hydrogen) atoms. The van der Waals surface area contributed by atoms with Crippen molar-refractivity contribution in [3.8, 4) is 0 Å². The average molecular weight is 194 g/mol. The van der Waals surface area contributed by atoms with Gasteiger partial charge < -0.3 is 10.2 Å². The molecule has 2 heteroatoms. The van der Waals surface area contributed by atoms with E-state index in [9.17, 15) is 0 Å². The lowest BCUT2D eigenvalue weighted by Gasteiger charge is -2.05. The van der Waals surface area contributed by atoms with Crippen molar-refractivity contribution < 1.29 is 10.2 Å². The topological polar surface area (TPSA) is 40.5 Å². The summed E-state index contributed by atoms with van der Waals surface area (Å²) >= 11 is 0. The summed E-state index contributed by atoms with van der Waals surface area (Å²) in [4.78, 5) is 0. The molecule has 0 aliphatic carbocycles. The highest BCUT2D eigenvalue weighted by molar-refractivity contribution is 5.22. The summed E-state index contributed by atoms with van der Waals surface area (Å²) in [5, 5.41) is 17.9. The van der Waals surface area contributed by atoms with Gasteiger partial charge in [0.2, 0.25) is 0 Å². The average Bonchev–Trinajstić information content (AvgIpc) is 2.17. The predicted octanol–water partition coefficient (Wildman–Crippen LogP) is 1.53. The summed E-state index contributed by atoms with van der Waals surface area (Å²) in [5.74, 6) is 0. The molecule has 2 N–H and O–H groups in total. The summed E-state index contributed by atoms with van der Waals surface area (Å²) < 4.78 is 0. The molecule has 0 radical (unpaired) electrons. The molecule has 0 fully saturated rings. The fraction of sp³-hybridized carbons (Fsp3) is 0.500. The van der Waals surface area contributed by atoms with Gasteiger partial charge in [0.15, 0.2) is 0 Å². The van der Waals surface area contributed by atoms with Gasteiger partial charge in [-0.1, -0.05) is 24.3 Å². The Morgan fingerprint density at radius 3 is 2.00 bits per heavy atom. The first kappa shape index (κ1) is 11.2. The van der Waals surface area contributed by atoms with E-state index in [0.717, 1.165) is 24.8 Å². The molecule has 0 heterocycles. The Hall–Kier alpha value is -0.860. The van der Waals surface area contributed by atoms with Crippen molar-refractivity contribution in [3.05, 3.63) is 35.4 Å². The molecule has 1 rings (SSSR count). The Kier molecular flexibility index (Phi) is 4.63. The maximum Gasteiger partial charge on any atom is 0.0515 e. The first-order chi connectivity index (χ1) is 6.72. The Balaban J connectivity index is 2.46. The molecule has 1 atom stereocenters. The van der Waals surface area contributed by atoms with Gasteiger partial charge in [0.25, 0.3) is 0 Å². The van der Waals surface area contributed by atoms with Crippen LogP contribution in [-0.2, 0) is 12.8 Å². The lowest BCUT2D eigenvalue weighted by molar-refractivity contribution is 0.185. The highest BCUT2D eigenvalue weighted by Crippen LogP contribution is 2.08. The van der Waals surface area contributed by atoms with E-state index >= 15 is 0 Å². The highest BCUT2D eigenvalue weighted by Gasteiger charge is 1.98. The van der Waals surface area contributed by atoms with Gasteiger partial charge in [-0.15, -0.1) is 0 Å². The normalized spacial score (nSPS) is 12.8. The van der Waals surface area contributed by atoms with Crippen LogP contribution in [0.5, 0.6) is 0 Å². The molecule has 78 valence electrons. The SMILES string of the molecule is CC(O)CCc1ccc(CCO)cc1. The molecule has 0 amide bonds. The van der Waals surface area contributed by atoms with E-state index in [4.69, 9.17) is 10.2 Å². The van der Waals surface area contributed by atoms with E-state index in [0.29, 0.717) is 0 Å². The molecular formula is C12H18O2. The van der Waals surface area contributed by atoms with Gasteiger partial charge >= 0.3 is 0 Å². The van der Waals surface area contributed by atoms with E-state index < -0.39 is 0 Å². The maximum atomic E-state index is 9.12. The van der Waals surface area contributed by atoms with Crippen LogP contribution < -0.4 is 0 Å². The summed E-state index contributed by atoms with van der Waals surface area (Å²) in [6.07, 6.45) is 2.21. The van der Waals surface area contributed by atoms with E-state index in [1.54, 1.807) is 6.92 Å². The second-order valence-electron chi connectivity index (χ2n) is 3.68. The zero-order chi connectivity index (χ0) is 10.4. The maximum absolute atomic E-state index is 9.12. The summed E-state index contributed by atoms with van der Waals surface area (Å²) in [6.45, 7) is 2.01. The van der Waals surface area contributed by atoms with Crippen LogP contribution in [0, 0.1) is 0 Å². The summed E-state index contributed by atoms with van der Waals surface area (Å²) in [5.41, 5.74) is 2.40. The molecule has 1 aromatic carbocycles. The van der Waals surface area contributed by atoms with Crippen LogP contribution in [-0.4, -0.2) is 22.9 Å². The van der Waals surface area contributed by atoms with Gasteiger partial charge in [0, 0.05) is 6.61 Å². The van der Waals surface area contributed by atoms with Gasteiger partial charge in [0.1, 0.15) is 0 Å².